The van der Waals surface area contributed by atoms with Crippen molar-refractivity contribution >= 4 is 17.9 Å². The smallest absolute Gasteiger partial charge is 0.306 e. The van der Waals surface area contributed by atoms with Gasteiger partial charge in [0, 0.05) is 19.3 Å². The third-order valence-electron chi connectivity index (χ3n) is 9.74. The average Bonchev–Trinajstić information content (AvgIpc) is 3.31. The monoisotopic (exact) mass is 905 g/mol. The van der Waals surface area contributed by atoms with E-state index in [4.69, 9.17) is 14.2 Å². The molecule has 6 nitrogen and oxygen atoms in total. The van der Waals surface area contributed by atoms with E-state index < -0.39 is 6.10 Å². The van der Waals surface area contributed by atoms with E-state index >= 15 is 0 Å². The summed E-state index contributed by atoms with van der Waals surface area (Å²) in [6, 6.07) is 0. The first-order chi connectivity index (χ1) is 32.5. The molecular formula is C60H88O6. The van der Waals surface area contributed by atoms with Gasteiger partial charge < -0.3 is 14.2 Å². The summed E-state index contributed by atoms with van der Waals surface area (Å²) in [6.45, 7) is 6.12. The van der Waals surface area contributed by atoms with Gasteiger partial charge in [-0.3, -0.25) is 14.4 Å². The van der Waals surface area contributed by atoms with Crippen LogP contribution in [0.4, 0.5) is 0 Å². The lowest BCUT2D eigenvalue weighted by atomic mass is 10.1. The topological polar surface area (TPSA) is 78.9 Å². The molecule has 0 radical (unpaired) electrons. The molecule has 0 fully saturated rings. The van der Waals surface area contributed by atoms with E-state index in [0.29, 0.717) is 12.8 Å². The molecule has 0 N–H and O–H groups in total. The van der Waals surface area contributed by atoms with Crippen molar-refractivity contribution in [2.45, 2.75) is 175 Å². The van der Waals surface area contributed by atoms with Gasteiger partial charge >= 0.3 is 17.9 Å². The molecule has 364 valence electrons. The van der Waals surface area contributed by atoms with Gasteiger partial charge in [0.05, 0.1) is 0 Å². The molecule has 0 aromatic heterocycles. The zero-order valence-corrected chi connectivity index (χ0v) is 41.4. The molecule has 0 aliphatic rings. The molecule has 1 unspecified atom stereocenters. The third kappa shape index (κ3) is 49.8. The minimum atomic E-state index is -0.828. The van der Waals surface area contributed by atoms with Crippen molar-refractivity contribution in [2.24, 2.45) is 0 Å². The van der Waals surface area contributed by atoms with E-state index in [1.807, 2.05) is 97.2 Å². The standard InChI is InChI=1S/C60H88O6/c1-4-7-10-13-16-19-22-25-28-29-30-31-33-35-38-41-44-47-50-53-59(62)65-56-57(55-64-58(61)52-49-46-43-40-37-34-27-24-21-18-15-12-9-6-3)66-60(63)54-51-48-45-42-39-36-32-26-23-20-17-14-11-8-5-2/h7-14,16-23,25-35,38,57H,4-6,15,24,36-37,39-56H2,1-3H3/b10-7-,11-8-,12-9-,16-13-,17-14-,21-18-,22-19-,23-20-,28-25-,30-29+,32-26-,33-31-,34-27-,38-35-. The predicted molar refractivity (Wildman–Crippen MR) is 283 cm³/mol. The van der Waals surface area contributed by atoms with Crippen molar-refractivity contribution in [2.75, 3.05) is 13.2 Å². The van der Waals surface area contributed by atoms with Crippen LogP contribution < -0.4 is 0 Å². The molecule has 66 heavy (non-hydrogen) atoms. The summed E-state index contributed by atoms with van der Waals surface area (Å²) < 4.78 is 16.7. The normalized spacial score (nSPS) is 13.6. The number of unbranched alkanes of at least 4 members (excludes halogenated alkanes) is 12. The molecule has 0 amide bonds. The second kappa shape index (κ2) is 52.4. The number of hydrogen-bond donors (Lipinski definition) is 0. The summed E-state index contributed by atoms with van der Waals surface area (Å²) in [4.78, 5) is 38.0. The Morgan fingerprint density at radius 1 is 0.318 bits per heavy atom. The Bertz CT molecular complexity index is 1600. The zero-order chi connectivity index (χ0) is 47.9. The van der Waals surface area contributed by atoms with Crippen molar-refractivity contribution < 1.29 is 28.6 Å². The van der Waals surface area contributed by atoms with Crippen LogP contribution in [0.25, 0.3) is 0 Å². The number of esters is 3. The van der Waals surface area contributed by atoms with Gasteiger partial charge in [-0.2, -0.15) is 0 Å². The van der Waals surface area contributed by atoms with Crippen molar-refractivity contribution in [3.05, 3.63) is 170 Å². The average molecular weight is 905 g/mol. The first-order valence-corrected chi connectivity index (χ1v) is 25.3. The molecule has 0 spiro atoms. The zero-order valence-electron chi connectivity index (χ0n) is 41.4. The maximum atomic E-state index is 12.8. The first kappa shape index (κ1) is 60.8. The molecule has 0 rings (SSSR count). The van der Waals surface area contributed by atoms with Crippen LogP contribution in [0.5, 0.6) is 0 Å². The lowest BCUT2D eigenvalue weighted by Crippen LogP contribution is -2.30. The van der Waals surface area contributed by atoms with Crippen LogP contribution in [-0.2, 0) is 28.6 Å². The maximum Gasteiger partial charge on any atom is 0.306 e. The van der Waals surface area contributed by atoms with Gasteiger partial charge in [-0.25, -0.2) is 0 Å². The third-order valence-corrected chi connectivity index (χ3v) is 9.74. The lowest BCUT2D eigenvalue weighted by molar-refractivity contribution is -0.167. The van der Waals surface area contributed by atoms with Crippen LogP contribution in [0.3, 0.4) is 0 Å². The highest BCUT2D eigenvalue weighted by Crippen LogP contribution is 2.12. The van der Waals surface area contributed by atoms with E-state index in [0.717, 1.165) is 122 Å². The van der Waals surface area contributed by atoms with Crippen molar-refractivity contribution in [3.8, 4) is 0 Å². The van der Waals surface area contributed by atoms with Gasteiger partial charge in [0.15, 0.2) is 6.10 Å². The number of carbonyl (C=O) groups is 3. The number of allylic oxidation sites excluding steroid dienone is 28. The molecule has 0 aliphatic heterocycles. The first-order valence-electron chi connectivity index (χ1n) is 25.3. The van der Waals surface area contributed by atoms with Crippen LogP contribution in [0, 0.1) is 0 Å². The van der Waals surface area contributed by atoms with Crippen molar-refractivity contribution in [1.29, 1.82) is 0 Å². The fourth-order valence-electron chi connectivity index (χ4n) is 6.04. The summed E-state index contributed by atoms with van der Waals surface area (Å²) in [5.41, 5.74) is 0. The number of ether oxygens (including phenoxy) is 3. The highest BCUT2D eigenvalue weighted by molar-refractivity contribution is 5.71. The number of carbonyl (C=O) groups excluding carboxylic acids is 3. The van der Waals surface area contributed by atoms with E-state index in [9.17, 15) is 14.4 Å². The van der Waals surface area contributed by atoms with Crippen LogP contribution in [0.2, 0.25) is 0 Å². The minimum absolute atomic E-state index is 0.124. The number of rotatable bonds is 42. The van der Waals surface area contributed by atoms with Crippen molar-refractivity contribution in [1.82, 2.24) is 0 Å². The summed E-state index contributed by atoms with van der Waals surface area (Å²) in [6.07, 6.45) is 77.5. The highest BCUT2D eigenvalue weighted by atomic mass is 16.6. The lowest BCUT2D eigenvalue weighted by Gasteiger charge is -2.18. The molecule has 0 heterocycles. The van der Waals surface area contributed by atoms with Crippen LogP contribution in [0.15, 0.2) is 170 Å². The van der Waals surface area contributed by atoms with E-state index in [1.165, 1.54) is 0 Å². The van der Waals surface area contributed by atoms with Crippen LogP contribution >= 0.6 is 0 Å². The molecule has 0 bridgehead atoms. The molecule has 0 aromatic carbocycles. The summed E-state index contributed by atoms with van der Waals surface area (Å²) >= 11 is 0. The van der Waals surface area contributed by atoms with Gasteiger partial charge in [0.1, 0.15) is 13.2 Å². The summed E-state index contributed by atoms with van der Waals surface area (Å²) in [5.74, 6) is -1.03. The minimum Gasteiger partial charge on any atom is -0.462 e. The Morgan fingerprint density at radius 2 is 0.621 bits per heavy atom. The maximum absolute atomic E-state index is 12.8. The molecule has 0 saturated carbocycles. The van der Waals surface area contributed by atoms with E-state index in [1.54, 1.807) is 0 Å². The summed E-state index contributed by atoms with van der Waals surface area (Å²) in [7, 11) is 0. The van der Waals surface area contributed by atoms with Gasteiger partial charge in [-0.1, -0.05) is 229 Å². The second-order valence-electron chi connectivity index (χ2n) is 15.9. The second-order valence-corrected chi connectivity index (χ2v) is 15.9. The SMILES string of the molecule is CC\C=C/C=C\C=C/C=C\C=C\C=C/C=C\CCCCCC(=O)OCC(COC(=O)CCCCCC/C=C\C/C=C\C/C=C\CC)OC(=O)CCCCCCC\C=C/C=C\C=C/C=C\CC. The molecule has 6 heteroatoms. The Hall–Kier alpha value is -5.23. The molecule has 0 aromatic rings. The molecular weight excluding hydrogens is 817 g/mol. The van der Waals surface area contributed by atoms with Crippen LogP contribution in [-0.4, -0.2) is 37.2 Å². The van der Waals surface area contributed by atoms with E-state index in [2.05, 4.69) is 93.7 Å². The van der Waals surface area contributed by atoms with Gasteiger partial charge in [0.25, 0.3) is 0 Å². The fourth-order valence-corrected chi connectivity index (χ4v) is 6.04. The molecule has 0 aliphatic carbocycles. The Labute approximate surface area is 402 Å². The van der Waals surface area contributed by atoms with Crippen LogP contribution in [0.1, 0.15) is 168 Å². The predicted octanol–water partition coefficient (Wildman–Crippen LogP) is 16.8. The van der Waals surface area contributed by atoms with E-state index in [-0.39, 0.29) is 44.0 Å². The Morgan fingerprint density at radius 3 is 1.05 bits per heavy atom. The fraction of sp³-hybridized carbons (Fsp3) is 0.483. The van der Waals surface area contributed by atoms with Gasteiger partial charge in [0.2, 0.25) is 0 Å². The Balaban J connectivity index is 4.62. The summed E-state index contributed by atoms with van der Waals surface area (Å²) in [5, 5.41) is 0. The number of hydrogen-bond acceptors (Lipinski definition) is 6. The quantitative estimate of drug-likeness (QED) is 0.0200. The highest BCUT2D eigenvalue weighted by Gasteiger charge is 2.19. The molecule has 1 atom stereocenters. The van der Waals surface area contributed by atoms with Gasteiger partial charge in [-0.15, -0.1) is 0 Å². The molecule has 0 saturated heterocycles. The van der Waals surface area contributed by atoms with Gasteiger partial charge in [-0.05, 0) is 89.9 Å². The largest absolute Gasteiger partial charge is 0.462 e. The Kier molecular flexibility index (Phi) is 48.2. The van der Waals surface area contributed by atoms with Crippen molar-refractivity contribution in [3.63, 3.8) is 0 Å².